The third kappa shape index (κ3) is 4.87. The molecule has 0 aromatic heterocycles. The molecule has 1 spiro atoms. The van der Waals surface area contributed by atoms with Crippen molar-refractivity contribution in [3.63, 3.8) is 0 Å². The number of amides is 1. The van der Waals surface area contributed by atoms with Gasteiger partial charge in [-0.2, -0.15) is 0 Å². The van der Waals surface area contributed by atoms with Gasteiger partial charge in [-0.05, 0) is 43.9 Å². The summed E-state index contributed by atoms with van der Waals surface area (Å²) in [6.07, 6.45) is 1.26. The fourth-order valence-corrected chi connectivity index (χ4v) is 8.52. The number of hydrogen-bond donors (Lipinski definition) is 0. The number of allylic oxidation sites excluding steroid dienone is 1. The summed E-state index contributed by atoms with van der Waals surface area (Å²) in [5.74, 6) is -2.63. The lowest BCUT2D eigenvalue weighted by Gasteiger charge is -2.54. The lowest BCUT2D eigenvalue weighted by Crippen LogP contribution is -2.71. The molecule has 0 N–H and O–H groups in total. The standard InChI is InChI=1S/C35H33NO6S/c1-22(37)27-26(30(38)41-21-23-13-7-4-8-14-23)19-20-35(27)32(40)36-29(34(2,3)43-33(35)36)31(39)42-28(24-15-9-5-10-16-24)25-17-11-6-12-18-25/h4-19,27-29,33H,20-21H2,1-3H3/t27-,29-,33+,35?/m0/s1. The molecular weight excluding hydrogens is 562 g/mol. The maximum atomic E-state index is 14.1. The minimum Gasteiger partial charge on any atom is -0.457 e. The van der Waals surface area contributed by atoms with Gasteiger partial charge in [-0.15, -0.1) is 11.8 Å². The fraction of sp³-hybridized carbons (Fsp3) is 0.314. The molecule has 2 heterocycles. The highest BCUT2D eigenvalue weighted by Gasteiger charge is 2.75. The summed E-state index contributed by atoms with van der Waals surface area (Å²) in [5.41, 5.74) is 1.55. The number of carbonyl (C=O) groups is 4. The van der Waals surface area contributed by atoms with E-state index in [1.807, 2.05) is 105 Å². The number of rotatable bonds is 8. The first-order valence-electron chi connectivity index (χ1n) is 14.4. The second-order valence-corrected chi connectivity index (χ2v) is 13.6. The lowest BCUT2D eigenvalue weighted by atomic mass is 9.65. The van der Waals surface area contributed by atoms with Crippen molar-refractivity contribution in [1.82, 2.24) is 4.90 Å². The number of benzene rings is 3. The van der Waals surface area contributed by atoms with Crippen molar-refractivity contribution in [2.24, 2.45) is 11.3 Å². The highest BCUT2D eigenvalue weighted by molar-refractivity contribution is 8.01. The lowest BCUT2D eigenvalue weighted by molar-refractivity contribution is -0.181. The predicted octanol–water partition coefficient (Wildman–Crippen LogP) is 5.65. The molecule has 1 aliphatic carbocycles. The molecule has 1 amide bonds. The van der Waals surface area contributed by atoms with Crippen molar-refractivity contribution >= 4 is 35.4 Å². The Labute approximate surface area is 255 Å². The smallest absolute Gasteiger partial charge is 0.334 e. The van der Waals surface area contributed by atoms with E-state index >= 15 is 0 Å². The van der Waals surface area contributed by atoms with Crippen LogP contribution in [0.2, 0.25) is 0 Å². The zero-order chi connectivity index (χ0) is 30.4. The largest absolute Gasteiger partial charge is 0.457 e. The molecule has 3 aromatic rings. The summed E-state index contributed by atoms with van der Waals surface area (Å²) >= 11 is 1.48. The molecule has 7 nitrogen and oxygen atoms in total. The van der Waals surface area contributed by atoms with E-state index in [1.165, 1.54) is 18.7 Å². The molecule has 2 aliphatic heterocycles. The van der Waals surface area contributed by atoms with Crippen LogP contribution in [-0.2, 0) is 35.3 Å². The first-order valence-corrected chi connectivity index (χ1v) is 15.3. The molecule has 43 heavy (non-hydrogen) atoms. The van der Waals surface area contributed by atoms with Gasteiger partial charge in [0.25, 0.3) is 0 Å². The van der Waals surface area contributed by atoms with Crippen LogP contribution in [0.25, 0.3) is 0 Å². The number of esters is 2. The monoisotopic (exact) mass is 595 g/mol. The minimum atomic E-state index is -1.14. The Bertz CT molecular complexity index is 1550. The average molecular weight is 596 g/mol. The minimum absolute atomic E-state index is 0.0673. The highest BCUT2D eigenvalue weighted by atomic mass is 32.2. The number of carbonyl (C=O) groups excluding carboxylic acids is 4. The summed E-state index contributed by atoms with van der Waals surface area (Å²) in [5, 5.41) is -0.468. The molecular formula is C35H33NO6S. The molecule has 8 heteroatoms. The SMILES string of the molecule is CC(=O)[C@H]1C(C(=O)OCc2ccccc2)=CCC12C(=O)N1[C@@H](C(=O)OC(c3ccccc3)c3ccccc3)C(C)(C)S[C@@H]12. The van der Waals surface area contributed by atoms with Gasteiger partial charge in [-0.25, -0.2) is 9.59 Å². The van der Waals surface area contributed by atoms with E-state index in [-0.39, 0.29) is 30.3 Å². The molecule has 1 unspecified atom stereocenters. The maximum Gasteiger partial charge on any atom is 0.334 e. The van der Waals surface area contributed by atoms with E-state index in [9.17, 15) is 19.2 Å². The van der Waals surface area contributed by atoms with Gasteiger partial charge in [-0.1, -0.05) is 97.1 Å². The second-order valence-electron chi connectivity index (χ2n) is 11.8. The van der Waals surface area contributed by atoms with Crippen LogP contribution in [0.5, 0.6) is 0 Å². The molecule has 0 radical (unpaired) electrons. The number of fused-ring (bicyclic) bond motifs is 2. The van der Waals surface area contributed by atoms with Gasteiger partial charge in [0, 0.05) is 10.3 Å². The molecule has 6 rings (SSSR count). The van der Waals surface area contributed by atoms with E-state index < -0.39 is 45.5 Å². The first kappa shape index (κ1) is 28.9. The van der Waals surface area contributed by atoms with Crippen LogP contribution in [0, 0.1) is 11.3 Å². The Kier molecular flexibility index (Phi) is 7.50. The van der Waals surface area contributed by atoms with Crippen molar-refractivity contribution in [3.05, 3.63) is 119 Å². The third-order valence-corrected chi connectivity index (χ3v) is 10.4. The van der Waals surface area contributed by atoms with Crippen molar-refractivity contribution in [2.75, 3.05) is 0 Å². The Balaban J connectivity index is 1.24. The van der Waals surface area contributed by atoms with Gasteiger partial charge in [0.05, 0.1) is 16.7 Å². The number of Topliss-reactive ketones (excluding diaryl/α,β-unsaturated/α-hetero) is 1. The van der Waals surface area contributed by atoms with Crippen LogP contribution in [-0.4, -0.2) is 44.7 Å². The van der Waals surface area contributed by atoms with Gasteiger partial charge in [0.15, 0.2) is 6.10 Å². The summed E-state index contributed by atoms with van der Waals surface area (Å²) < 4.78 is 11.1. The van der Waals surface area contributed by atoms with Crippen molar-refractivity contribution in [3.8, 4) is 0 Å². The molecule has 3 aliphatic rings. The highest BCUT2D eigenvalue weighted by Crippen LogP contribution is 2.66. The van der Waals surface area contributed by atoms with Crippen LogP contribution in [0.15, 0.2) is 103 Å². The second kappa shape index (κ2) is 11.2. The van der Waals surface area contributed by atoms with Crippen LogP contribution >= 0.6 is 11.8 Å². The number of β-lactam (4-membered cyclic amide) rings is 1. The normalized spacial score (nSPS) is 25.2. The van der Waals surface area contributed by atoms with Gasteiger partial charge in [0.1, 0.15) is 18.4 Å². The van der Waals surface area contributed by atoms with E-state index in [2.05, 4.69) is 0 Å². The van der Waals surface area contributed by atoms with Gasteiger partial charge < -0.3 is 14.4 Å². The van der Waals surface area contributed by atoms with Gasteiger partial charge in [-0.3, -0.25) is 9.59 Å². The number of thioether (sulfide) groups is 1. The van der Waals surface area contributed by atoms with Crippen molar-refractivity contribution < 1.29 is 28.7 Å². The first-order chi connectivity index (χ1) is 20.6. The van der Waals surface area contributed by atoms with Gasteiger partial charge >= 0.3 is 11.9 Å². The Morgan fingerprint density at radius 3 is 2.02 bits per heavy atom. The summed E-state index contributed by atoms with van der Waals surface area (Å²) in [6.45, 7) is 5.32. The summed E-state index contributed by atoms with van der Waals surface area (Å²) in [7, 11) is 0. The fourth-order valence-electron chi connectivity index (χ4n) is 6.73. The maximum absolute atomic E-state index is 14.1. The topological polar surface area (TPSA) is 90.0 Å². The zero-order valence-corrected chi connectivity index (χ0v) is 25.1. The zero-order valence-electron chi connectivity index (χ0n) is 24.3. The molecule has 3 aromatic carbocycles. The Morgan fingerprint density at radius 2 is 1.47 bits per heavy atom. The molecule has 2 saturated heterocycles. The van der Waals surface area contributed by atoms with Gasteiger partial charge in [0.2, 0.25) is 5.91 Å². The number of nitrogens with zero attached hydrogens (tertiary/aromatic N) is 1. The van der Waals surface area contributed by atoms with E-state index in [4.69, 9.17) is 9.47 Å². The van der Waals surface area contributed by atoms with E-state index in [0.29, 0.717) is 0 Å². The Morgan fingerprint density at radius 1 is 0.907 bits per heavy atom. The third-order valence-electron chi connectivity index (χ3n) is 8.68. The molecule has 0 saturated carbocycles. The predicted molar refractivity (Wildman–Crippen MR) is 162 cm³/mol. The molecule has 0 bridgehead atoms. The molecule has 220 valence electrons. The summed E-state index contributed by atoms with van der Waals surface area (Å²) in [6, 6.07) is 27.4. The molecule has 4 atom stereocenters. The quantitative estimate of drug-likeness (QED) is 0.246. The van der Waals surface area contributed by atoms with Crippen LogP contribution in [0.3, 0.4) is 0 Å². The van der Waals surface area contributed by atoms with Crippen LogP contribution in [0.4, 0.5) is 0 Å². The number of ether oxygens (including phenoxy) is 2. The Hall–Kier alpha value is -4.17. The van der Waals surface area contributed by atoms with Crippen molar-refractivity contribution in [1.29, 1.82) is 0 Å². The average Bonchev–Trinajstić information content (AvgIpc) is 3.56. The van der Waals surface area contributed by atoms with Crippen LogP contribution in [0.1, 0.15) is 50.0 Å². The van der Waals surface area contributed by atoms with Crippen LogP contribution < -0.4 is 0 Å². The van der Waals surface area contributed by atoms with E-state index in [1.54, 1.807) is 11.0 Å². The summed E-state index contributed by atoms with van der Waals surface area (Å²) in [4.78, 5) is 56.0. The number of hydrogen-bond acceptors (Lipinski definition) is 7. The molecule has 2 fully saturated rings. The van der Waals surface area contributed by atoms with Crippen molar-refractivity contribution in [2.45, 2.75) is 56.1 Å². The number of ketones is 1. The van der Waals surface area contributed by atoms with E-state index in [0.717, 1.165) is 16.7 Å².